The van der Waals surface area contributed by atoms with E-state index in [4.69, 9.17) is 9.84 Å². The van der Waals surface area contributed by atoms with E-state index in [9.17, 15) is 5.11 Å². The van der Waals surface area contributed by atoms with E-state index < -0.39 is 6.29 Å². The summed E-state index contributed by atoms with van der Waals surface area (Å²) in [4.78, 5) is 0. The zero-order valence-electron chi connectivity index (χ0n) is 6.32. The summed E-state index contributed by atoms with van der Waals surface area (Å²) < 4.78 is 4.93. The van der Waals surface area contributed by atoms with Crippen molar-refractivity contribution in [2.45, 2.75) is 6.29 Å². The molecule has 0 aromatic heterocycles. The van der Waals surface area contributed by atoms with Crippen LogP contribution >= 0.6 is 0 Å². The Morgan fingerprint density at radius 3 is 2.92 bits per heavy atom. The first-order chi connectivity index (χ1) is 5.68. The molecule has 0 saturated heterocycles. The van der Waals surface area contributed by atoms with Crippen LogP contribution in [0, 0.1) is 0 Å². The van der Waals surface area contributed by atoms with Gasteiger partial charge in [-0.25, -0.2) is 0 Å². The molecule has 1 atom stereocenters. The molecule has 2 rings (SSSR count). The van der Waals surface area contributed by atoms with Gasteiger partial charge in [0.1, 0.15) is 5.75 Å². The monoisotopic (exact) mass is 164 g/mol. The van der Waals surface area contributed by atoms with Gasteiger partial charge in [-0.05, 0) is 17.4 Å². The van der Waals surface area contributed by atoms with Gasteiger partial charge < -0.3 is 14.9 Å². The van der Waals surface area contributed by atoms with Gasteiger partial charge in [-0.15, -0.1) is 0 Å². The second kappa shape index (κ2) is 2.25. The zero-order valence-corrected chi connectivity index (χ0v) is 6.32. The van der Waals surface area contributed by atoms with Crippen LogP contribution in [0.2, 0.25) is 0 Å². The molecule has 1 aromatic carbocycles. The highest BCUT2D eigenvalue weighted by Gasteiger charge is 2.21. The van der Waals surface area contributed by atoms with Crippen molar-refractivity contribution in [2.24, 2.45) is 0 Å². The van der Waals surface area contributed by atoms with Gasteiger partial charge in [0.2, 0.25) is 0 Å². The van der Waals surface area contributed by atoms with Crippen LogP contribution < -0.4 is 15.2 Å². The Labute approximate surface area is 68.8 Å². The molecule has 0 fully saturated rings. The van der Waals surface area contributed by atoms with Crippen LogP contribution in [-0.4, -0.2) is 16.5 Å². The van der Waals surface area contributed by atoms with Gasteiger partial charge in [0.05, 0.1) is 5.22 Å². The molecule has 12 heavy (non-hydrogen) atoms. The number of aliphatic hydroxyl groups excluding tert-OH is 2. The number of rotatable bonds is 0. The van der Waals surface area contributed by atoms with E-state index in [1.54, 1.807) is 18.2 Å². The second-order valence-corrected chi connectivity index (χ2v) is 2.69. The van der Waals surface area contributed by atoms with E-state index in [1.165, 1.54) is 0 Å². The van der Waals surface area contributed by atoms with Crippen LogP contribution in [0.15, 0.2) is 18.2 Å². The van der Waals surface area contributed by atoms with Crippen molar-refractivity contribution in [3.63, 3.8) is 0 Å². The summed E-state index contributed by atoms with van der Waals surface area (Å²) in [5.41, 5.74) is 0. The highest BCUT2D eigenvalue weighted by atomic mass is 16.6. The molecule has 0 aliphatic carbocycles. The summed E-state index contributed by atoms with van der Waals surface area (Å²) >= 11 is 0. The van der Waals surface area contributed by atoms with Crippen molar-refractivity contribution in [2.75, 3.05) is 0 Å². The standard InChI is InChI=1S/C9H8O3/c1-5-2-3-6-7(4-5)12-9(11)8(6)10/h2-4,9-11H,1H2. The molecule has 0 radical (unpaired) electrons. The molecule has 1 unspecified atom stereocenters. The minimum atomic E-state index is -1.22. The van der Waals surface area contributed by atoms with Crippen molar-refractivity contribution in [3.05, 3.63) is 28.6 Å². The lowest BCUT2D eigenvalue weighted by molar-refractivity contribution is 0.0228. The van der Waals surface area contributed by atoms with Gasteiger partial charge in [-0.2, -0.15) is 0 Å². The zero-order chi connectivity index (χ0) is 8.72. The van der Waals surface area contributed by atoms with E-state index in [1.807, 2.05) is 0 Å². The molecular weight excluding hydrogens is 156 g/mol. The number of aliphatic hydroxyl groups is 2. The van der Waals surface area contributed by atoms with Crippen LogP contribution in [0.5, 0.6) is 5.75 Å². The molecule has 62 valence electrons. The number of hydrogen-bond donors (Lipinski definition) is 2. The van der Waals surface area contributed by atoms with Crippen molar-refractivity contribution in [1.29, 1.82) is 0 Å². The molecular formula is C9H8O3. The molecule has 0 bridgehead atoms. The third-order valence-corrected chi connectivity index (χ3v) is 1.79. The van der Waals surface area contributed by atoms with Gasteiger partial charge in [-0.3, -0.25) is 0 Å². The Morgan fingerprint density at radius 2 is 2.17 bits per heavy atom. The van der Waals surface area contributed by atoms with Crippen molar-refractivity contribution < 1.29 is 14.9 Å². The normalized spacial score (nSPS) is 20.4. The molecule has 1 aromatic rings. The molecule has 0 spiro atoms. The summed E-state index contributed by atoms with van der Waals surface area (Å²) in [5.74, 6) is 0.345. The van der Waals surface area contributed by atoms with E-state index in [0.29, 0.717) is 11.0 Å². The lowest BCUT2D eigenvalue weighted by Crippen LogP contribution is -2.12. The molecule has 1 aliphatic heterocycles. The molecule has 1 aliphatic rings. The van der Waals surface area contributed by atoms with Crippen molar-refractivity contribution in [1.82, 2.24) is 0 Å². The maximum absolute atomic E-state index is 9.26. The molecule has 2 N–H and O–H groups in total. The summed E-state index contributed by atoms with van der Waals surface area (Å²) in [5, 5.41) is 19.7. The maximum atomic E-state index is 9.26. The number of hydrogen-bond acceptors (Lipinski definition) is 3. The summed E-state index contributed by atoms with van der Waals surface area (Å²) in [6, 6.07) is 5.08. The lowest BCUT2D eigenvalue weighted by Gasteiger charge is -2.02. The number of ether oxygens (including phenoxy) is 1. The topological polar surface area (TPSA) is 49.7 Å². The smallest absolute Gasteiger partial charge is 0.256 e. The molecule has 3 nitrogen and oxygen atoms in total. The first-order valence-electron chi connectivity index (χ1n) is 3.55. The van der Waals surface area contributed by atoms with E-state index >= 15 is 0 Å². The van der Waals surface area contributed by atoms with Crippen LogP contribution in [0.4, 0.5) is 0 Å². The second-order valence-electron chi connectivity index (χ2n) is 2.69. The van der Waals surface area contributed by atoms with E-state index in [2.05, 4.69) is 6.58 Å². The molecule has 0 saturated carbocycles. The molecule has 0 amide bonds. The van der Waals surface area contributed by atoms with Gasteiger partial charge in [0.25, 0.3) is 6.29 Å². The Hall–Kier alpha value is -1.48. The molecule has 3 heteroatoms. The number of fused-ring (bicyclic) bond motifs is 1. The lowest BCUT2D eigenvalue weighted by atomic mass is 10.2. The average molecular weight is 164 g/mol. The highest BCUT2D eigenvalue weighted by Crippen LogP contribution is 2.13. The van der Waals surface area contributed by atoms with Crippen molar-refractivity contribution >= 4 is 12.3 Å². The predicted octanol–water partition coefficient (Wildman–Crippen LogP) is -0.526. The summed E-state index contributed by atoms with van der Waals surface area (Å²) in [6.07, 6.45) is -1.22. The van der Waals surface area contributed by atoms with Gasteiger partial charge in [0, 0.05) is 0 Å². The van der Waals surface area contributed by atoms with Crippen LogP contribution in [-0.2, 0) is 0 Å². The Balaban J connectivity index is 2.76. The van der Waals surface area contributed by atoms with Gasteiger partial charge >= 0.3 is 0 Å². The quantitative estimate of drug-likeness (QED) is 0.542. The Kier molecular flexibility index (Phi) is 1.35. The Bertz CT molecular complexity index is 422. The fraction of sp³-hybridized carbons (Fsp3) is 0.111. The minimum absolute atomic E-state index is 0.134. The fourth-order valence-electron chi connectivity index (χ4n) is 1.18. The first kappa shape index (κ1) is 7.18. The van der Waals surface area contributed by atoms with E-state index in [-0.39, 0.29) is 5.76 Å². The third-order valence-electron chi connectivity index (χ3n) is 1.79. The molecule has 1 heterocycles. The summed E-state index contributed by atoms with van der Waals surface area (Å²) in [7, 11) is 0. The van der Waals surface area contributed by atoms with Crippen molar-refractivity contribution in [3.8, 4) is 5.75 Å². The Morgan fingerprint density at radius 1 is 1.42 bits per heavy atom. The fourth-order valence-corrected chi connectivity index (χ4v) is 1.18. The average Bonchev–Trinajstić information content (AvgIpc) is 2.28. The number of benzene rings is 1. The highest BCUT2D eigenvalue weighted by molar-refractivity contribution is 5.49. The van der Waals surface area contributed by atoms with Gasteiger partial charge in [0.15, 0.2) is 5.76 Å². The first-order valence-corrected chi connectivity index (χ1v) is 3.55. The largest absolute Gasteiger partial charge is 0.506 e. The minimum Gasteiger partial charge on any atom is -0.506 e. The predicted molar refractivity (Wildman–Crippen MR) is 43.9 cm³/mol. The maximum Gasteiger partial charge on any atom is 0.256 e. The summed E-state index contributed by atoms with van der Waals surface area (Å²) in [6.45, 7) is 3.70. The van der Waals surface area contributed by atoms with Crippen LogP contribution in [0.1, 0.15) is 0 Å². The third kappa shape index (κ3) is 0.871. The van der Waals surface area contributed by atoms with E-state index in [0.717, 1.165) is 5.22 Å². The SMILES string of the molecule is C=c1ccc2c(c1)OC(O)C=2O. The van der Waals surface area contributed by atoms with Gasteiger partial charge in [-0.1, -0.05) is 12.6 Å². The van der Waals surface area contributed by atoms with Crippen LogP contribution in [0.3, 0.4) is 0 Å². The van der Waals surface area contributed by atoms with Crippen LogP contribution in [0.25, 0.3) is 12.3 Å².